The van der Waals surface area contributed by atoms with Gasteiger partial charge in [0.05, 0.1) is 12.2 Å². The smallest absolute Gasteiger partial charge is 0.344 e. The number of ether oxygens (including phenoxy) is 2. The van der Waals surface area contributed by atoms with Crippen LogP contribution in [0.25, 0.3) is 0 Å². The van der Waals surface area contributed by atoms with E-state index in [1.54, 1.807) is 0 Å². The van der Waals surface area contributed by atoms with Gasteiger partial charge >= 0.3 is 5.97 Å². The molecule has 0 radical (unpaired) electrons. The molecular formula is C29H46O5. The molecule has 0 spiro atoms. The van der Waals surface area contributed by atoms with E-state index >= 15 is 0 Å². The first-order valence-corrected chi connectivity index (χ1v) is 13.4. The summed E-state index contributed by atoms with van der Waals surface area (Å²) >= 11 is 0. The number of carbonyl (C=O) groups is 1. The average molecular weight is 475 g/mol. The average Bonchev–Trinajstić information content (AvgIpc) is 3.08. The van der Waals surface area contributed by atoms with Gasteiger partial charge in [-0.05, 0) is 85.8 Å². The number of aliphatic hydroxyl groups is 2. The highest BCUT2D eigenvalue weighted by atomic mass is 16.6. The Kier molecular flexibility index (Phi) is 9.45. The molecule has 34 heavy (non-hydrogen) atoms. The van der Waals surface area contributed by atoms with Gasteiger partial charge in [0.2, 0.25) is 0 Å². The van der Waals surface area contributed by atoms with Crippen LogP contribution >= 0.6 is 0 Å². The lowest BCUT2D eigenvalue weighted by Gasteiger charge is -2.32. The zero-order chi connectivity index (χ0) is 24.9. The number of unbranched alkanes of at least 4 members (excludes halogenated alkanes) is 2. The Balaban J connectivity index is 1.58. The van der Waals surface area contributed by atoms with Crippen molar-refractivity contribution in [2.45, 2.75) is 111 Å². The number of hydrogen-bond donors (Lipinski definition) is 2. The number of hydrogen-bond acceptors (Lipinski definition) is 5. The minimum absolute atomic E-state index is 0.0911. The summed E-state index contributed by atoms with van der Waals surface area (Å²) in [6.45, 7) is 10.1. The normalized spacial score (nSPS) is 25.9. The van der Waals surface area contributed by atoms with E-state index in [0.29, 0.717) is 11.8 Å². The van der Waals surface area contributed by atoms with Gasteiger partial charge in [0.1, 0.15) is 11.9 Å². The summed E-state index contributed by atoms with van der Waals surface area (Å²) in [4.78, 5) is 12.3. The van der Waals surface area contributed by atoms with Crippen LogP contribution in [0.4, 0.5) is 0 Å². The molecule has 2 N–H and O–H groups in total. The van der Waals surface area contributed by atoms with Crippen LogP contribution in [0.5, 0.6) is 5.75 Å². The molecule has 1 saturated carbocycles. The van der Waals surface area contributed by atoms with Crippen LogP contribution in [-0.4, -0.2) is 41.1 Å². The molecule has 2 aliphatic carbocycles. The van der Waals surface area contributed by atoms with Crippen molar-refractivity contribution in [2.75, 3.05) is 6.61 Å². The second kappa shape index (κ2) is 11.9. The summed E-state index contributed by atoms with van der Waals surface area (Å²) in [5.74, 6) is 1.53. The van der Waals surface area contributed by atoms with Gasteiger partial charge in [0.25, 0.3) is 0 Å². The first-order valence-electron chi connectivity index (χ1n) is 13.4. The molecule has 0 saturated heterocycles. The Hall–Kier alpha value is -1.59. The largest absolute Gasteiger partial charge is 0.482 e. The number of fused-ring (bicyclic) bond motifs is 2. The van der Waals surface area contributed by atoms with Crippen LogP contribution in [0.3, 0.4) is 0 Å². The molecule has 0 unspecified atom stereocenters. The maximum Gasteiger partial charge on any atom is 0.344 e. The zero-order valence-corrected chi connectivity index (χ0v) is 21.9. The quantitative estimate of drug-likeness (QED) is 0.328. The maximum absolute atomic E-state index is 12.3. The summed E-state index contributed by atoms with van der Waals surface area (Å²) in [6.07, 6.45) is 7.81. The predicted octanol–water partition coefficient (Wildman–Crippen LogP) is 5.48. The fourth-order valence-corrected chi connectivity index (χ4v) is 5.64. The van der Waals surface area contributed by atoms with Crippen molar-refractivity contribution in [3.63, 3.8) is 0 Å². The van der Waals surface area contributed by atoms with Crippen LogP contribution in [0.15, 0.2) is 18.2 Å². The maximum atomic E-state index is 12.3. The van der Waals surface area contributed by atoms with Crippen molar-refractivity contribution in [1.29, 1.82) is 0 Å². The highest BCUT2D eigenvalue weighted by Crippen LogP contribution is 2.48. The van der Waals surface area contributed by atoms with E-state index in [-0.39, 0.29) is 42.2 Å². The van der Waals surface area contributed by atoms with Gasteiger partial charge < -0.3 is 19.7 Å². The molecule has 6 atom stereocenters. The lowest BCUT2D eigenvalue weighted by Crippen LogP contribution is -2.31. The Bertz CT molecular complexity index is 798. The van der Waals surface area contributed by atoms with Crippen molar-refractivity contribution >= 4 is 5.97 Å². The lowest BCUT2D eigenvalue weighted by atomic mass is 9.73. The number of esters is 1. The van der Waals surface area contributed by atoms with Gasteiger partial charge in [-0.1, -0.05) is 59.1 Å². The molecule has 2 aliphatic rings. The third kappa shape index (κ3) is 6.97. The van der Waals surface area contributed by atoms with Gasteiger partial charge in [0, 0.05) is 0 Å². The molecule has 1 aromatic carbocycles. The molecule has 0 bridgehead atoms. The highest BCUT2D eigenvalue weighted by molar-refractivity contribution is 5.71. The fraction of sp³-hybridized carbons (Fsp3) is 0.759. The van der Waals surface area contributed by atoms with E-state index in [1.165, 1.54) is 24.0 Å². The second-order valence-corrected chi connectivity index (χ2v) is 11.7. The third-order valence-electron chi connectivity index (χ3n) is 8.19. The van der Waals surface area contributed by atoms with E-state index < -0.39 is 0 Å². The van der Waals surface area contributed by atoms with Crippen molar-refractivity contribution in [1.82, 2.24) is 0 Å². The number of rotatable bonds is 11. The van der Waals surface area contributed by atoms with Gasteiger partial charge in [0.15, 0.2) is 6.61 Å². The van der Waals surface area contributed by atoms with Crippen LogP contribution in [-0.2, 0) is 22.4 Å². The van der Waals surface area contributed by atoms with Gasteiger partial charge in [-0.3, -0.25) is 0 Å². The summed E-state index contributed by atoms with van der Waals surface area (Å²) in [5, 5.41) is 21.2. The molecule has 0 aliphatic heterocycles. The second-order valence-electron chi connectivity index (χ2n) is 11.7. The van der Waals surface area contributed by atoms with Crippen molar-refractivity contribution < 1.29 is 24.5 Å². The first kappa shape index (κ1) is 27.0. The minimum Gasteiger partial charge on any atom is -0.482 e. The highest BCUT2D eigenvalue weighted by Gasteiger charge is 2.44. The van der Waals surface area contributed by atoms with Crippen LogP contribution in [0.2, 0.25) is 0 Å². The summed E-state index contributed by atoms with van der Waals surface area (Å²) in [6, 6.07) is 6.09. The van der Waals surface area contributed by atoms with Gasteiger partial charge in [-0.2, -0.15) is 0 Å². The Morgan fingerprint density at radius 3 is 2.65 bits per heavy atom. The molecule has 5 nitrogen and oxygen atoms in total. The van der Waals surface area contributed by atoms with Crippen molar-refractivity contribution in [2.24, 2.45) is 23.2 Å². The van der Waals surface area contributed by atoms with E-state index in [4.69, 9.17) is 9.47 Å². The fourth-order valence-electron chi connectivity index (χ4n) is 5.64. The Morgan fingerprint density at radius 2 is 1.94 bits per heavy atom. The SMILES string of the molecule is CCCCC[C@@H](O)CC[C@@H]1[C@H]2Cc3cccc(OCC(=O)O[C@H](C)C(C)(C)C)c3C[C@H]2C[C@H]1O. The molecule has 192 valence electrons. The Labute approximate surface area is 206 Å². The third-order valence-corrected chi connectivity index (χ3v) is 8.19. The molecular weight excluding hydrogens is 428 g/mol. The number of aliphatic hydroxyl groups excluding tert-OH is 2. The summed E-state index contributed by atoms with van der Waals surface area (Å²) in [7, 11) is 0. The van der Waals surface area contributed by atoms with E-state index in [1.807, 2.05) is 39.8 Å². The van der Waals surface area contributed by atoms with Crippen molar-refractivity contribution in [3.05, 3.63) is 29.3 Å². The molecule has 0 aromatic heterocycles. The molecule has 3 rings (SSSR count). The molecule has 5 heteroatoms. The molecule has 1 aromatic rings. The van der Waals surface area contributed by atoms with Gasteiger partial charge in [-0.25, -0.2) is 4.79 Å². The number of benzene rings is 1. The van der Waals surface area contributed by atoms with Crippen LogP contribution < -0.4 is 4.74 Å². The van der Waals surface area contributed by atoms with Crippen LogP contribution in [0, 0.1) is 23.2 Å². The Morgan fingerprint density at radius 1 is 1.18 bits per heavy atom. The van der Waals surface area contributed by atoms with E-state index in [2.05, 4.69) is 13.0 Å². The minimum atomic E-state index is -0.345. The van der Waals surface area contributed by atoms with Crippen LogP contribution in [0.1, 0.15) is 90.7 Å². The topological polar surface area (TPSA) is 76.0 Å². The van der Waals surface area contributed by atoms with E-state index in [0.717, 1.165) is 50.7 Å². The summed E-state index contributed by atoms with van der Waals surface area (Å²) < 4.78 is 11.5. The zero-order valence-electron chi connectivity index (χ0n) is 21.9. The standard InChI is InChI=1S/C29H46O5/c1-6-7-8-11-22(30)13-14-23-24-15-20-10-9-12-27(25(20)16-21(24)17-26(23)31)33-18-28(32)34-19(2)29(3,4)5/h9-10,12,19,21-24,26,30-31H,6-8,11,13-18H2,1-5H3/t19-,21+,22-,23-,24+,26-/m1/s1. The lowest BCUT2D eigenvalue weighted by molar-refractivity contribution is -0.155. The van der Waals surface area contributed by atoms with Gasteiger partial charge in [-0.15, -0.1) is 0 Å². The monoisotopic (exact) mass is 474 g/mol. The first-order chi connectivity index (χ1) is 16.1. The van der Waals surface area contributed by atoms with Crippen molar-refractivity contribution in [3.8, 4) is 5.75 Å². The predicted molar refractivity (Wildman–Crippen MR) is 135 cm³/mol. The molecule has 0 amide bonds. The summed E-state index contributed by atoms with van der Waals surface area (Å²) in [5.41, 5.74) is 2.33. The van der Waals surface area contributed by atoms with E-state index in [9.17, 15) is 15.0 Å². The number of carbonyl (C=O) groups excluding carboxylic acids is 1. The molecule has 1 fully saturated rings. The molecule has 0 heterocycles.